The molecule has 0 saturated carbocycles. The SMILES string of the molecule is Cc1c(C(C)NC(=O)c2ccc(COc3ccccc3Br)cc2)cnn1C. The summed E-state index contributed by atoms with van der Waals surface area (Å²) < 4.78 is 8.53. The van der Waals surface area contributed by atoms with Crippen LogP contribution in [0.4, 0.5) is 0 Å². The highest BCUT2D eigenvalue weighted by atomic mass is 79.9. The van der Waals surface area contributed by atoms with Gasteiger partial charge in [-0.3, -0.25) is 9.48 Å². The van der Waals surface area contributed by atoms with Gasteiger partial charge in [0.1, 0.15) is 12.4 Å². The maximum absolute atomic E-state index is 12.5. The quantitative estimate of drug-likeness (QED) is 0.626. The first-order valence-electron chi connectivity index (χ1n) is 8.71. The molecule has 0 fully saturated rings. The fourth-order valence-electron chi connectivity index (χ4n) is 2.77. The van der Waals surface area contributed by atoms with Crippen LogP contribution in [-0.4, -0.2) is 15.7 Å². The Labute approximate surface area is 167 Å². The lowest BCUT2D eigenvalue weighted by atomic mass is 10.1. The Balaban J connectivity index is 1.60. The Bertz CT molecular complexity index is 935. The summed E-state index contributed by atoms with van der Waals surface area (Å²) >= 11 is 3.47. The normalized spacial score (nSPS) is 11.9. The predicted molar refractivity (Wildman–Crippen MR) is 109 cm³/mol. The molecule has 5 nitrogen and oxygen atoms in total. The molecule has 2 aromatic carbocycles. The van der Waals surface area contributed by atoms with Crippen molar-refractivity contribution in [2.24, 2.45) is 7.05 Å². The van der Waals surface area contributed by atoms with Crippen molar-refractivity contribution >= 4 is 21.8 Å². The zero-order chi connectivity index (χ0) is 19.4. The number of hydrogen-bond donors (Lipinski definition) is 1. The third-order valence-corrected chi connectivity index (χ3v) is 5.19. The molecule has 3 rings (SSSR count). The topological polar surface area (TPSA) is 56.1 Å². The molecule has 140 valence electrons. The molecule has 3 aromatic rings. The fraction of sp³-hybridized carbons (Fsp3) is 0.238. The van der Waals surface area contributed by atoms with Crippen LogP contribution >= 0.6 is 15.9 Å². The van der Waals surface area contributed by atoms with Gasteiger partial charge in [0.05, 0.1) is 16.7 Å². The molecule has 0 spiro atoms. The smallest absolute Gasteiger partial charge is 0.251 e. The molecule has 6 heteroatoms. The first-order valence-corrected chi connectivity index (χ1v) is 9.50. The summed E-state index contributed by atoms with van der Waals surface area (Å²) in [6.45, 7) is 4.39. The second kappa shape index (κ2) is 8.39. The third kappa shape index (κ3) is 4.57. The van der Waals surface area contributed by atoms with Gasteiger partial charge in [-0.05, 0) is 59.6 Å². The van der Waals surface area contributed by atoms with E-state index in [-0.39, 0.29) is 11.9 Å². The van der Waals surface area contributed by atoms with Crippen molar-refractivity contribution < 1.29 is 9.53 Å². The molecule has 1 heterocycles. The van der Waals surface area contributed by atoms with Crippen LogP contribution in [0.5, 0.6) is 5.75 Å². The van der Waals surface area contributed by atoms with Crippen molar-refractivity contribution in [2.75, 3.05) is 0 Å². The molecular weight excluding hydrogens is 406 g/mol. The second-order valence-corrected chi connectivity index (χ2v) is 7.27. The number of nitrogens with zero attached hydrogens (tertiary/aromatic N) is 2. The maximum atomic E-state index is 12.5. The molecule has 0 radical (unpaired) electrons. The van der Waals surface area contributed by atoms with E-state index in [9.17, 15) is 4.79 Å². The Hall–Kier alpha value is -2.60. The number of aromatic nitrogens is 2. The minimum absolute atomic E-state index is 0.107. The maximum Gasteiger partial charge on any atom is 0.251 e. The van der Waals surface area contributed by atoms with Crippen molar-refractivity contribution in [1.29, 1.82) is 0 Å². The lowest BCUT2D eigenvalue weighted by molar-refractivity contribution is 0.0939. The third-order valence-electron chi connectivity index (χ3n) is 4.53. The van der Waals surface area contributed by atoms with Gasteiger partial charge in [-0.1, -0.05) is 24.3 Å². The Kier molecular flexibility index (Phi) is 5.96. The van der Waals surface area contributed by atoms with Crippen LogP contribution in [0.1, 0.15) is 40.1 Å². The Morgan fingerprint density at radius 2 is 1.93 bits per heavy atom. The van der Waals surface area contributed by atoms with Crippen LogP contribution in [0.25, 0.3) is 0 Å². The zero-order valence-electron chi connectivity index (χ0n) is 15.6. The largest absolute Gasteiger partial charge is 0.488 e. The average molecular weight is 428 g/mol. The number of amides is 1. The molecule has 1 aromatic heterocycles. The number of carbonyl (C=O) groups excluding carboxylic acids is 1. The van der Waals surface area contributed by atoms with E-state index < -0.39 is 0 Å². The highest BCUT2D eigenvalue weighted by Gasteiger charge is 2.15. The number of carbonyl (C=O) groups is 1. The molecule has 0 aliphatic carbocycles. The molecule has 1 amide bonds. The number of ether oxygens (including phenoxy) is 1. The number of halogens is 1. The minimum atomic E-state index is -0.107. The van der Waals surface area contributed by atoms with E-state index in [0.717, 1.165) is 27.0 Å². The zero-order valence-corrected chi connectivity index (χ0v) is 17.2. The molecule has 27 heavy (non-hydrogen) atoms. The van der Waals surface area contributed by atoms with Gasteiger partial charge in [-0.25, -0.2) is 0 Å². The van der Waals surface area contributed by atoms with Gasteiger partial charge >= 0.3 is 0 Å². The van der Waals surface area contributed by atoms with Crippen LogP contribution in [-0.2, 0) is 13.7 Å². The summed E-state index contributed by atoms with van der Waals surface area (Å²) in [7, 11) is 1.89. The monoisotopic (exact) mass is 427 g/mol. The molecule has 0 saturated heterocycles. The van der Waals surface area contributed by atoms with Gasteiger partial charge in [0.15, 0.2) is 0 Å². The van der Waals surface area contributed by atoms with Gasteiger partial charge in [-0.2, -0.15) is 5.10 Å². The Morgan fingerprint density at radius 1 is 1.22 bits per heavy atom. The van der Waals surface area contributed by atoms with E-state index in [2.05, 4.69) is 26.3 Å². The number of rotatable bonds is 6. The molecule has 0 aliphatic heterocycles. The summed E-state index contributed by atoms with van der Waals surface area (Å²) in [4.78, 5) is 12.5. The molecule has 0 bridgehead atoms. The summed E-state index contributed by atoms with van der Waals surface area (Å²) in [5.74, 6) is 0.684. The molecule has 1 atom stereocenters. The average Bonchev–Trinajstić information content (AvgIpc) is 3.00. The van der Waals surface area contributed by atoms with Crippen molar-refractivity contribution in [3.8, 4) is 5.75 Å². The number of nitrogens with one attached hydrogen (secondary N) is 1. The standard InChI is InChI=1S/C21H22BrN3O2/c1-14(18-12-23-25(3)15(18)2)24-21(26)17-10-8-16(9-11-17)13-27-20-7-5-4-6-19(20)22/h4-12,14H,13H2,1-3H3,(H,24,26). The molecule has 0 aliphatic rings. The lowest BCUT2D eigenvalue weighted by Gasteiger charge is -2.14. The van der Waals surface area contributed by atoms with Crippen LogP contribution in [0.3, 0.4) is 0 Å². The number of hydrogen-bond acceptors (Lipinski definition) is 3. The van der Waals surface area contributed by atoms with Crippen molar-refractivity contribution in [1.82, 2.24) is 15.1 Å². The summed E-state index contributed by atoms with van der Waals surface area (Å²) in [5, 5.41) is 7.25. The van der Waals surface area contributed by atoms with E-state index in [0.29, 0.717) is 12.2 Å². The summed E-state index contributed by atoms with van der Waals surface area (Å²) in [6, 6.07) is 15.1. The summed E-state index contributed by atoms with van der Waals surface area (Å²) in [5.41, 5.74) is 3.68. The predicted octanol–water partition coefficient (Wildman–Crippen LogP) is 4.56. The van der Waals surface area contributed by atoms with Crippen molar-refractivity contribution in [3.63, 3.8) is 0 Å². The van der Waals surface area contributed by atoms with E-state index in [1.807, 2.05) is 69.4 Å². The molecule has 1 N–H and O–H groups in total. The van der Waals surface area contributed by atoms with Crippen LogP contribution < -0.4 is 10.1 Å². The minimum Gasteiger partial charge on any atom is -0.488 e. The molecular formula is C21H22BrN3O2. The van der Waals surface area contributed by atoms with E-state index in [1.165, 1.54) is 0 Å². The molecule has 1 unspecified atom stereocenters. The van der Waals surface area contributed by atoms with Gasteiger partial charge in [0.2, 0.25) is 0 Å². The summed E-state index contributed by atoms with van der Waals surface area (Å²) in [6.07, 6.45) is 1.79. The van der Waals surface area contributed by atoms with E-state index in [1.54, 1.807) is 10.9 Å². The Morgan fingerprint density at radius 3 is 2.56 bits per heavy atom. The van der Waals surface area contributed by atoms with Crippen LogP contribution in [0.15, 0.2) is 59.2 Å². The van der Waals surface area contributed by atoms with Crippen molar-refractivity contribution in [2.45, 2.75) is 26.5 Å². The fourth-order valence-corrected chi connectivity index (χ4v) is 3.17. The van der Waals surface area contributed by atoms with Crippen molar-refractivity contribution in [3.05, 3.63) is 81.6 Å². The number of aryl methyl sites for hydroxylation is 1. The van der Waals surface area contributed by atoms with Crippen LogP contribution in [0, 0.1) is 6.92 Å². The highest BCUT2D eigenvalue weighted by Crippen LogP contribution is 2.24. The van der Waals surface area contributed by atoms with Gasteiger partial charge in [0.25, 0.3) is 5.91 Å². The first-order chi connectivity index (χ1) is 13.0. The number of benzene rings is 2. The van der Waals surface area contributed by atoms with Gasteiger partial charge < -0.3 is 10.1 Å². The lowest BCUT2D eigenvalue weighted by Crippen LogP contribution is -2.26. The van der Waals surface area contributed by atoms with Gasteiger partial charge in [-0.15, -0.1) is 0 Å². The van der Waals surface area contributed by atoms with Gasteiger partial charge in [0, 0.05) is 23.9 Å². The highest BCUT2D eigenvalue weighted by molar-refractivity contribution is 9.10. The number of para-hydroxylation sites is 1. The second-order valence-electron chi connectivity index (χ2n) is 6.42. The van der Waals surface area contributed by atoms with E-state index >= 15 is 0 Å². The van der Waals surface area contributed by atoms with Crippen LogP contribution in [0.2, 0.25) is 0 Å². The van der Waals surface area contributed by atoms with E-state index in [4.69, 9.17) is 4.74 Å². The first kappa shape index (κ1) is 19.2.